The molecular weight excluding hydrogens is 257 g/mol. The summed E-state index contributed by atoms with van der Waals surface area (Å²) in [6.07, 6.45) is 3.45. The minimum atomic E-state index is 0. The number of ether oxygens (including phenoxy) is 1. The van der Waals surface area contributed by atoms with E-state index in [2.05, 4.69) is 19.0 Å². The molecule has 0 heterocycles. The molecule has 0 saturated carbocycles. The molecule has 0 saturated heterocycles. The molecular formula is C13H19Cl2NO. The Morgan fingerprint density at radius 1 is 1.35 bits per heavy atom. The zero-order valence-corrected chi connectivity index (χ0v) is 12.1. The quantitative estimate of drug-likeness (QED) is 0.816. The maximum Gasteiger partial charge on any atom is 0.122 e. The second-order valence-corrected chi connectivity index (χ2v) is 4.92. The van der Waals surface area contributed by atoms with Crippen molar-refractivity contribution in [1.82, 2.24) is 4.90 Å². The number of fused-ring (bicyclic) bond motifs is 1. The van der Waals surface area contributed by atoms with Crippen molar-refractivity contribution >= 4 is 24.0 Å². The summed E-state index contributed by atoms with van der Waals surface area (Å²) >= 11 is 6.33. The zero-order chi connectivity index (χ0) is 11.7. The van der Waals surface area contributed by atoms with Crippen LogP contribution in [-0.4, -0.2) is 26.1 Å². The van der Waals surface area contributed by atoms with Crippen LogP contribution in [-0.2, 0) is 6.42 Å². The van der Waals surface area contributed by atoms with Crippen molar-refractivity contribution in [2.75, 3.05) is 21.2 Å². The van der Waals surface area contributed by atoms with Gasteiger partial charge in [0.05, 0.1) is 7.11 Å². The van der Waals surface area contributed by atoms with Crippen LogP contribution in [0.2, 0.25) is 5.02 Å². The van der Waals surface area contributed by atoms with Gasteiger partial charge in [-0.25, -0.2) is 0 Å². The maximum atomic E-state index is 6.33. The van der Waals surface area contributed by atoms with E-state index in [4.69, 9.17) is 16.3 Å². The van der Waals surface area contributed by atoms with Gasteiger partial charge in [0.15, 0.2) is 0 Å². The summed E-state index contributed by atoms with van der Waals surface area (Å²) in [5.74, 6) is 0.978. The normalized spacial score (nSPS) is 18.5. The minimum absolute atomic E-state index is 0. The molecule has 1 aliphatic rings. The molecule has 0 N–H and O–H groups in total. The molecule has 96 valence electrons. The fourth-order valence-corrected chi connectivity index (χ4v) is 2.86. The van der Waals surface area contributed by atoms with Crippen molar-refractivity contribution < 1.29 is 4.74 Å². The fourth-order valence-electron chi connectivity index (χ4n) is 2.56. The van der Waals surface area contributed by atoms with E-state index in [1.54, 1.807) is 7.11 Å². The summed E-state index contributed by atoms with van der Waals surface area (Å²) in [4.78, 5) is 2.24. The Balaban J connectivity index is 0.00000144. The molecule has 0 fully saturated rings. The first-order valence-corrected chi connectivity index (χ1v) is 6.04. The van der Waals surface area contributed by atoms with Crippen LogP contribution >= 0.6 is 24.0 Å². The molecule has 1 atom stereocenters. The lowest BCUT2D eigenvalue weighted by Gasteiger charge is -2.32. The molecule has 1 aliphatic carbocycles. The molecule has 1 aromatic rings. The highest BCUT2D eigenvalue weighted by atomic mass is 35.5. The van der Waals surface area contributed by atoms with Gasteiger partial charge in [-0.05, 0) is 51.1 Å². The molecule has 0 amide bonds. The van der Waals surface area contributed by atoms with E-state index in [0.717, 1.165) is 17.2 Å². The van der Waals surface area contributed by atoms with Crippen molar-refractivity contribution in [3.05, 3.63) is 28.3 Å². The molecule has 2 nitrogen and oxygen atoms in total. The summed E-state index contributed by atoms with van der Waals surface area (Å²) in [6.45, 7) is 0. The standard InChI is InChI=1S/C13H18ClNO.ClH/c1-15(2)11-6-4-5-9-12(16-3)8-7-10(14)13(9)11;/h7-8,11H,4-6H2,1-3H3;1H/t11-;/m1./s1. The Kier molecular flexibility index (Phi) is 5.11. The summed E-state index contributed by atoms with van der Waals surface area (Å²) in [5.41, 5.74) is 2.55. The second kappa shape index (κ2) is 5.94. The van der Waals surface area contributed by atoms with Crippen LogP contribution in [0.1, 0.15) is 30.0 Å². The molecule has 0 unspecified atom stereocenters. The molecule has 0 radical (unpaired) electrons. The highest BCUT2D eigenvalue weighted by Gasteiger charge is 2.26. The van der Waals surface area contributed by atoms with Gasteiger partial charge in [0.25, 0.3) is 0 Å². The summed E-state index contributed by atoms with van der Waals surface area (Å²) in [5, 5.41) is 0.870. The Hall–Kier alpha value is -0.440. The lowest BCUT2D eigenvalue weighted by Crippen LogP contribution is -2.24. The minimum Gasteiger partial charge on any atom is -0.496 e. The molecule has 0 aliphatic heterocycles. The smallest absolute Gasteiger partial charge is 0.122 e. The molecule has 0 spiro atoms. The SMILES string of the molecule is COc1ccc(Cl)c2c1CCC[C@H]2N(C)C.Cl. The number of hydrogen-bond acceptors (Lipinski definition) is 2. The largest absolute Gasteiger partial charge is 0.496 e. The van der Waals surface area contributed by atoms with Crippen LogP contribution in [0, 0.1) is 0 Å². The Morgan fingerprint density at radius 2 is 2.06 bits per heavy atom. The van der Waals surface area contributed by atoms with Crippen molar-refractivity contribution in [3.8, 4) is 5.75 Å². The van der Waals surface area contributed by atoms with Gasteiger partial charge >= 0.3 is 0 Å². The van der Waals surface area contributed by atoms with Crippen molar-refractivity contribution in [2.45, 2.75) is 25.3 Å². The first-order valence-electron chi connectivity index (χ1n) is 5.67. The Morgan fingerprint density at radius 3 is 2.65 bits per heavy atom. The lowest BCUT2D eigenvalue weighted by molar-refractivity contribution is 0.266. The van der Waals surface area contributed by atoms with Gasteiger partial charge in [0, 0.05) is 16.6 Å². The van der Waals surface area contributed by atoms with E-state index in [9.17, 15) is 0 Å². The van der Waals surface area contributed by atoms with Gasteiger partial charge in [-0.1, -0.05) is 11.6 Å². The molecule has 2 rings (SSSR count). The summed E-state index contributed by atoms with van der Waals surface area (Å²) < 4.78 is 5.42. The predicted molar refractivity (Wildman–Crippen MR) is 74.6 cm³/mol. The van der Waals surface area contributed by atoms with E-state index < -0.39 is 0 Å². The average Bonchev–Trinajstić information content (AvgIpc) is 2.29. The van der Waals surface area contributed by atoms with Gasteiger partial charge in [-0.3, -0.25) is 0 Å². The van der Waals surface area contributed by atoms with Crippen LogP contribution in [0.4, 0.5) is 0 Å². The fraction of sp³-hybridized carbons (Fsp3) is 0.538. The number of nitrogens with zero attached hydrogens (tertiary/aromatic N) is 1. The molecule has 4 heteroatoms. The van der Waals surface area contributed by atoms with Gasteiger partial charge in [0.1, 0.15) is 5.75 Å². The predicted octanol–water partition coefficient (Wildman–Crippen LogP) is 3.71. The van der Waals surface area contributed by atoms with E-state index in [1.165, 1.54) is 24.0 Å². The maximum absolute atomic E-state index is 6.33. The molecule has 0 aromatic heterocycles. The van der Waals surface area contributed by atoms with Gasteiger partial charge < -0.3 is 9.64 Å². The van der Waals surface area contributed by atoms with Crippen molar-refractivity contribution in [3.63, 3.8) is 0 Å². The van der Waals surface area contributed by atoms with Gasteiger partial charge in [-0.2, -0.15) is 0 Å². The average molecular weight is 276 g/mol. The second-order valence-electron chi connectivity index (χ2n) is 4.51. The number of halogens is 2. The van der Waals surface area contributed by atoms with Crippen molar-refractivity contribution in [1.29, 1.82) is 0 Å². The van der Waals surface area contributed by atoms with E-state index in [-0.39, 0.29) is 12.4 Å². The van der Waals surface area contributed by atoms with Crippen LogP contribution in [0.25, 0.3) is 0 Å². The van der Waals surface area contributed by atoms with Crippen LogP contribution in [0.3, 0.4) is 0 Å². The number of rotatable bonds is 2. The number of benzene rings is 1. The molecule has 1 aromatic carbocycles. The zero-order valence-electron chi connectivity index (χ0n) is 10.5. The van der Waals surface area contributed by atoms with Gasteiger partial charge in [-0.15, -0.1) is 12.4 Å². The third-order valence-electron chi connectivity index (χ3n) is 3.34. The Bertz CT molecular complexity index is 393. The van der Waals surface area contributed by atoms with Gasteiger partial charge in [0.2, 0.25) is 0 Å². The number of methoxy groups -OCH3 is 1. The van der Waals surface area contributed by atoms with Crippen LogP contribution in [0.5, 0.6) is 5.75 Å². The van der Waals surface area contributed by atoms with E-state index >= 15 is 0 Å². The third kappa shape index (κ3) is 2.70. The molecule has 0 bridgehead atoms. The van der Waals surface area contributed by atoms with Crippen LogP contribution < -0.4 is 4.74 Å². The van der Waals surface area contributed by atoms with Crippen LogP contribution in [0.15, 0.2) is 12.1 Å². The highest BCUT2D eigenvalue weighted by Crippen LogP contribution is 2.41. The van der Waals surface area contributed by atoms with E-state index in [1.807, 2.05) is 12.1 Å². The molecule has 17 heavy (non-hydrogen) atoms. The third-order valence-corrected chi connectivity index (χ3v) is 3.67. The summed E-state index contributed by atoms with van der Waals surface area (Å²) in [6, 6.07) is 4.34. The Labute approximate surface area is 114 Å². The lowest BCUT2D eigenvalue weighted by atomic mass is 9.86. The number of hydrogen-bond donors (Lipinski definition) is 0. The monoisotopic (exact) mass is 275 g/mol. The van der Waals surface area contributed by atoms with Crippen molar-refractivity contribution in [2.24, 2.45) is 0 Å². The highest BCUT2D eigenvalue weighted by molar-refractivity contribution is 6.31. The topological polar surface area (TPSA) is 12.5 Å². The first kappa shape index (κ1) is 14.6. The van der Waals surface area contributed by atoms with E-state index in [0.29, 0.717) is 6.04 Å². The first-order chi connectivity index (χ1) is 7.65. The summed E-state index contributed by atoms with van der Waals surface area (Å²) in [7, 11) is 5.94.